The van der Waals surface area contributed by atoms with Crippen molar-refractivity contribution in [2.24, 2.45) is 10.5 Å². The van der Waals surface area contributed by atoms with Gasteiger partial charge in [-0.1, -0.05) is 49.7 Å². The van der Waals surface area contributed by atoms with Gasteiger partial charge in [-0.05, 0) is 43.3 Å². The molecule has 0 atom stereocenters. The lowest BCUT2D eigenvalue weighted by atomic mass is 9.73. The van der Waals surface area contributed by atoms with E-state index >= 15 is 0 Å². The number of rotatable bonds is 5. The van der Waals surface area contributed by atoms with Crippen LogP contribution in [-0.2, 0) is 16.4 Å². The van der Waals surface area contributed by atoms with Crippen molar-refractivity contribution in [3.05, 3.63) is 95.9 Å². The third-order valence-electron chi connectivity index (χ3n) is 6.20. The van der Waals surface area contributed by atoms with Crippen LogP contribution < -0.4 is 4.83 Å². The monoisotopic (exact) mass is 499 g/mol. The van der Waals surface area contributed by atoms with Gasteiger partial charge < -0.3 is 0 Å². The van der Waals surface area contributed by atoms with Gasteiger partial charge in [-0.2, -0.15) is 23.4 Å². The summed E-state index contributed by atoms with van der Waals surface area (Å²) < 4.78 is 27.5. The predicted molar refractivity (Wildman–Crippen MR) is 138 cm³/mol. The number of para-hydroxylation sites is 1. The molecule has 5 rings (SSSR count). The molecule has 8 nitrogen and oxygen atoms in total. The molecule has 1 aliphatic carbocycles. The van der Waals surface area contributed by atoms with Crippen LogP contribution in [0.1, 0.15) is 35.5 Å². The molecule has 1 N–H and O–H groups in total. The Morgan fingerprint density at radius 1 is 1.00 bits per heavy atom. The summed E-state index contributed by atoms with van der Waals surface area (Å²) in [5, 5.41) is 9.00. The van der Waals surface area contributed by atoms with Crippen LogP contribution in [0.2, 0.25) is 0 Å². The summed E-state index contributed by atoms with van der Waals surface area (Å²) in [5.74, 6) is -0.367. The smallest absolute Gasteiger partial charge is 0.276 e. The maximum absolute atomic E-state index is 13.9. The first-order chi connectivity index (χ1) is 17.2. The van der Waals surface area contributed by atoms with E-state index in [9.17, 15) is 13.2 Å². The summed E-state index contributed by atoms with van der Waals surface area (Å²) in [6.07, 6.45) is 3.75. The van der Waals surface area contributed by atoms with E-state index in [0.29, 0.717) is 23.4 Å². The summed E-state index contributed by atoms with van der Waals surface area (Å²) in [6.45, 7) is 5.59. The van der Waals surface area contributed by atoms with Gasteiger partial charge in [0.15, 0.2) is 0 Å². The van der Waals surface area contributed by atoms with E-state index < -0.39 is 15.4 Å². The van der Waals surface area contributed by atoms with Crippen molar-refractivity contribution in [1.29, 1.82) is 0 Å². The molecule has 36 heavy (non-hydrogen) atoms. The molecule has 2 heterocycles. The average Bonchev–Trinajstić information content (AvgIpc) is 3.23. The number of aryl methyl sites for hydroxylation is 1. The Morgan fingerprint density at radius 3 is 2.39 bits per heavy atom. The van der Waals surface area contributed by atoms with Gasteiger partial charge >= 0.3 is 0 Å². The Morgan fingerprint density at radius 2 is 1.72 bits per heavy atom. The normalized spacial score (nSPS) is 16.1. The Labute approximate surface area is 209 Å². The molecular formula is C27H25N5O3S. The predicted octanol–water partition coefficient (Wildman–Crippen LogP) is 4.34. The third kappa shape index (κ3) is 4.22. The minimum Gasteiger partial charge on any atom is -0.287 e. The van der Waals surface area contributed by atoms with Crippen LogP contribution in [-0.4, -0.2) is 34.7 Å². The van der Waals surface area contributed by atoms with Crippen molar-refractivity contribution in [1.82, 2.24) is 19.6 Å². The number of aromatic nitrogens is 3. The van der Waals surface area contributed by atoms with Crippen molar-refractivity contribution in [2.45, 2.75) is 32.1 Å². The standard InChI is InChI=1S/C27H25N5O3S/c1-18-11-13-21(14-12-18)36(34,35)31-29-26-25(33)23-22(16-27(26,2)3)30-32(20-9-5-4-6-10-20)24(23)19-8-7-15-28-17-19/h4-15,17,31H,16H2,1-3H3/b29-26+. The summed E-state index contributed by atoms with van der Waals surface area (Å²) in [6, 6.07) is 19.7. The molecule has 0 saturated heterocycles. The summed E-state index contributed by atoms with van der Waals surface area (Å²) >= 11 is 0. The van der Waals surface area contributed by atoms with Crippen molar-refractivity contribution < 1.29 is 13.2 Å². The highest BCUT2D eigenvalue weighted by Gasteiger charge is 2.43. The largest absolute Gasteiger partial charge is 0.287 e. The Balaban J connectivity index is 1.63. The third-order valence-corrected chi connectivity index (χ3v) is 7.42. The minimum absolute atomic E-state index is 0.0761. The van der Waals surface area contributed by atoms with Gasteiger partial charge in [-0.15, -0.1) is 0 Å². The number of nitrogens with zero attached hydrogens (tertiary/aromatic N) is 4. The number of pyridine rings is 1. The average molecular weight is 500 g/mol. The topological polar surface area (TPSA) is 106 Å². The minimum atomic E-state index is -3.95. The van der Waals surface area contributed by atoms with Crippen LogP contribution in [0.25, 0.3) is 16.9 Å². The molecule has 2 aromatic heterocycles. The molecule has 0 unspecified atom stereocenters. The second-order valence-corrected chi connectivity index (χ2v) is 11.1. The zero-order valence-corrected chi connectivity index (χ0v) is 21.0. The second-order valence-electron chi connectivity index (χ2n) is 9.42. The number of hydrazone groups is 1. The molecule has 0 fully saturated rings. The molecule has 0 radical (unpaired) electrons. The number of benzene rings is 2. The molecule has 0 bridgehead atoms. The molecule has 0 amide bonds. The Hall–Kier alpha value is -4.11. The van der Waals surface area contributed by atoms with Gasteiger partial charge in [0.25, 0.3) is 10.0 Å². The highest BCUT2D eigenvalue weighted by atomic mass is 32.2. The fraction of sp³-hybridized carbons (Fsp3) is 0.185. The van der Waals surface area contributed by atoms with Crippen molar-refractivity contribution in [2.75, 3.05) is 0 Å². The summed E-state index contributed by atoms with van der Waals surface area (Å²) in [4.78, 5) is 20.5. The highest BCUT2D eigenvalue weighted by molar-refractivity contribution is 7.89. The zero-order valence-electron chi connectivity index (χ0n) is 20.1. The van der Waals surface area contributed by atoms with Crippen LogP contribution in [0.15, 0.2) is 89.1 Å². The summed E-state index contributed by atoms with van der Waals surface area (Å²) in [7, 11) is -3.95. The number of carbonyl (C=O) groups excluding carboxylic acids is 1. The van der Waals surface area contributed by atoms with Gasteiger partial charge in [0.05, 0.1) is 27.5 Å². The van der Waals surface area contributed by atoms with E-state index in [1.165, 1.54) is 12.1 Å². The van der Waals surface area contributed by atoms with Crippen LogP contribution >= 0.6 is 0 Å². The van der Waals surface area contributed by atoms with Gasteiger partial charge in [-0.25, -0.2) is 4.68 Å². The van der Waals surface area contributed by atoms with E-state index in [1.807, 2.05) is 57.2 Å². The van der Waals surface area contributed by atoms with Crippen molar-refractivity contribution in [3.63, 3.8) is 0 Å². The van der Waals surface area contributed by atoms with E-state index in [0.717, 1.165) is 16.8 Å². The number of ketones is 1. The Bertz CT molecular complexity index is 1570. The first-order valence-corrected chi connectivity index (χ1v) is 12.9. The van der Waals surface area contributed by atoms with E-state index in [2.05, 4.69) is 14.9 Å². The second kappa shape index (κ2) is 8.83. The maximum atomic E-state index is 13.9. The number of hydrogen-bond acceptors (Lipinski definition) is 6. The molecule has 0 saturated carbocycles. The molecule has 0 aliphatic heterocycles. The van der Waals surface area contributed by atoms with Crippen LogP contribution in [0, 0.1) is 12.3 Å². The summed E-state index contributed by atoms with van der Waals surface area (Å²) in [5.41, 5.74) is 3.48. The van der Waals surface area contributed by atoms with Gasteiger partial charge in [0, 0.05) is 29.8 Å². The number of fused-ring (bicyclic) bond motifs is 1. The van der Waals surface area contributed by atoms with Gasteiger partial charge in [0.2, 0.25) is 5.78 Å². The SMILES string of the molecule is Cc1ccc(S(=O)(=O)N/N=C2\C(=O)c3c(nn(-c4ccccc4)c3-c3cccnc3)CC2(C)C)cc1. The Kier molecular flexibility index (Phi) is 5.80. The molecule has 4 aromatic rings. The van der Waals surface area contributed by atoms with Crippen molar-refractivity contribution >= 4 is 21.5 Å². The highest BCUT2D eigenvalue weighted by Crippen LogP contribution is 2.38. The first-order valence-electron chi connectivity index (χ1n) is 11.5. The number of Topliss-reactive ketones (excluding diaryl/α,β-unsaturated/α-hetero) is 1. The van der Waals surface area contributed by atoms with Crippen molar-refractivity contribution in [3.8, 4) is 16.9 Å². The molecule has 1 aliphatic rings. The van der Waals surface area contributed by atoms with E-state index in [1.54, 1.807) is 35.3 Å². The maximum Gasteiger partial charge on any atom is 0.276 e. The van der Waals surface area contributed by atoms with E-state index in [4.69, 9.17) is 5.10 Å². The van der Waals surface area contributed by atoms with Gasteiger partial charge in [-0.3, -0.25) is 9.78 Å². The fourth-order valence-corrected chi connectivity index (χ4v) is 5.17. The van der Waals surface area contributed by atoms with Crippen LogP contribution in [0.4, 0.5) is 0 Å². The molecule has 2 aromatic carbocycles. The molecule has 182 valence electrons. The fourth-order valence-electron chi connectivity index (χ4n) is 4.36. The number of hydrogen-bond donors (Lipinski definition) is 1. The van der Waals surface area contributed by atoms with E-state index in [-0.39, 0.29) is 16.4 Å². The quantitative estimate of drug-likeness (QED) is 0.411. The van der Waals surface area contributed by atoms with Gasteiger partial charge in [0.1, 0.15) is 5.71 Å². The first kappa shape index (κ1) is 23.6. The van der Waals surface area contributed by atoms with Crippen LogP contribution in [0.5, 0.6) is 0 Å². The number of carbonyl (C=O) groups is 1. The molecule has 9 heteroatoms. The number of sulfonamides is 1. The lowest BCUT2D eigenvalue weighted by Gasteiger charge is -2.29. The number of nitrogens with one attached hydrogen (secondary N) is 1. The lowest BCUT2D eigenvalue weighted by Crippen LogP contribution is -2.40. The lowest BCUT2D eigenvalue weighted by molar-refractivity contribution is 0.104. The molecular weight excluding hydrogens is 474 g/mol. The molecule has 0 spiro atoms. The zero-order chi connectivity index (χ0) is 25.5. The van der Waals surface area contributed by atoms with Crippen LogP contribution in [0.3, 0.4) is 0 Å².